The number of methoxy groups -OCH3 is 1. The zero-order valence-corrected chi connectivity index (χ0v) is 12.0. The van der Waals surface area contributed by atoms with Crippen LogP contribution in [0.2, 0.25) is 0 Å². The van der Waals surface area contributed by atoms with Gasteiger partial charge in [-0.3, -0.25) is 9.88 Å². The summed E-state index contributed by atoms with van der Waals surface area (Å²) in [4.78, 5) is 6.37. The highest BCUT2D eigenvalue weighted by atomic mass is 16.5. The molecule has 1 heterocycles. The topological polar surface area (TPSA) is 25.4 Å². The van der Waals surface area contributed by atoms with Gasteiger partial charge in [0.25, 0.3) is 0 Å². The number of pyridine rings is 1. The van der Waals surface area contributed by atoms with Crippen molar-refractivity contribution in [1.82, 2.24) is 9.88 Å². The molecule has 1 aromatic heterocycles. The summed E-state index contributed by atoms with van der Waals surface area (Å²) in [5.41, 5.74) is 2.32. The number of nitrogens with zero attached hydrogens (tertiary/aromatic N) is 2. The molecule has 104 valence electrons. The summed E-state index contributed by atoms with van der Waals surface area (Å²) >= 11 is 0. The van der Waals surface area contributed by atoms with Crippen molar-refractivity contribution in [3.05, 3.63) is 66.0 Å². The second kappa shape index (κ2) is 7.46. The van der Waals surface area contributed by atoms with Gasteiger partial charge in [-0.15, -0.1) is 0 Å². The van der Waals surface area contributed by atoms with Crippen LogP contribution in [0.25, 0.3) is 6.08 Å². The van der Waals surface area contributed by atoms with Crippen LogP contribution in [0.4, 0.5) is 0 Å². The number of rotatable bonds is 6. The van der Waals surface area contributed by atoms with Crippen molar-refractivity contribution >= 4 is 6.08 Å². The average Bonchev–Trinajstić information content (AvgIpc) is 2.49. The van der Waals surface area contributed by atoms with E-state index in [1.165, 1.54) is 5.56 Å². The first-order chi connectivity index (χ1) is 9.79. The van der Waals surface area contributed by atoms with Gasteiger partial charge < -0.3 is 4.74 Å². The van der Waals surface area contributed by atoms with Crippen LogP contribution in [0.1, 0.15) is 11.1 Å². The Kier molecular flexibility index (Phi) is 5.33. The molecule has 2 aromatic rings. The summed E-state index contributed by atoms with van der Waals surface area (Å²) in [6.45, 7) is 1.77. The predicted octanol–water partition coefficient (Wildman–Crippen LogP) is 3.24. The van der Waals surface area contributed by atoms with Crippen LogP contribution in [0.5, 0.6) is 5.75 Å². The molecule has 0 aliphatic heterocycles. The van der Waals surface area contributed by atoms with E-state index in [0.29, 0.717) is 0 Å². The van der Waals surface area contributed by atoms with Gasteiger partial charge in [-0.25, -0.2) is 0 Å². The molecular weight excluding hydrogens is 248 g/mol. The summed E-state index contributed by atoms with van der Waals surface area (Å²) < 4.78 is 5.33. The van der Waals surface area contributed by atoms with Gasteiger partial charge in [0.1, 0.15) is 5.75 Å². The molecule has 20 heavy (non-hydrogen) atoms. The number of aromatic nitrogens is 1. The van der Waals surface area contributed by atoms with Crippen molar-refractivity contribution < 1.29 is 4.74 Å². The first-order valence-electron chi connectivity index (χ1n) is 6.66. The number of para-hydroxylation sites is 1. The summed E-state index contributed by atoms with van der Waals surface area (Å²) in [6, 6.07) is 12.1. The molecule has 0 spiro atoms. The Morgan fingerprint density at radius 2 is 2.05 bits per heavy atom. The van der Waals surface area contributed by atoms with Gasteiger partial charge in [-0.1, -0.05) is 36.4 Å². The molecule has 3 heteroatoms. The smallest absolute Gasteiger partial charge is 0.126 e. The molecule has 0 unspecified atom stereocenters. The van der Waals surface area contributed by atoms with Crippen molar-refractivity contribution in [2.24, 2.45) is 0 Å². The minimum atomic E-state index is 0.882. The number of benzene rings is 1. The van der Waals surface area contributed by atoms with E-state index in [1.807, 2.05) is 30.5 Å². The summed E-state index contributed by atoms with van der Waals surface area (Å²) in [7, 11) is 3.79. The maximum Gasteiger partial charge on any atom is 0.126 e. The van der Waals surface area contributed by atoms with E-state index in [0.717, 1.165) is 24.4 Å². The molecule has 1 aromatic carbocycles. The lowest BCUT2D eigenvalue weighted by Crippen LogP contribution is -2.17. The molecule has 0 atom stereocenters. The first kappa shape index (κ1) is 14.3. The molecule has 3 nitrogen and oxygen atoms in total. The molecule has 0 saturated heterocycles. The fourth-order valence-electron chi connectivity index (χ4n) is 2.03. The first-order valence-corrected chi connectivity index (χ1v) is 6.66. The second-order valence-corrected chi connectivity index (χ2v) is 4.70. The van der Waals surface area contributed by atoms with E-state index in [-0.39, 0.29) is 0 Å². The lowest BCUT2D eigenvalue weighted by molar-refractivity contribution is 0.363. The van der Waals surface area contributed by atoms with Gasteiger partial charge in [-0.05, 0) is 24.7 Å². The number of hydrogen-bond acceptors (Lipinski definition) is 3. The molecule has 0 N–H and O–H groups in total. The largest absolute Gasteiger partial charge is 0.496 e. The molecule has 0 aliphatic rings. The van der Waals surface area contributed by atoms with Crippen LogP contribution in [0.15, 0.2) is 54.9 Å². The van der Waals surface area contributed by atoms with E-state index in [1.54, 1.807) is 13.3 Å². The lowest BCUT2D eigenvalue weighted by atomic mass is 10.2. The predicted molar refractivity (Wildman–Crippen MR) is 82.6 cm³/mol. The Hall–Kier alpha value is -2.13. The highest BCUT2D eigenvalue weighted by Gasteiger charge is 1.99. The van der Waals surface area contributed by atoms with Crippen molar-refractivity contribution in [1.29, 1.82) is 0 Å². The van der Waals surface area contributed by atoms with E-state index >= 15 is 0 Å². The van der Waals surface area contributed by atoms with Crippen LogP contribution in [-0.4, -0.2) is 30.6 Å². The Morgan fingerprint density at radius 3 is 2.80 bits per heavy atom. The molecule has 0 aliphatic carbocycles. The number of likely N-dealkylation sites (N-methyl/N-ethyl adjacent to an activating group) is 1. The normalized spacial score (nSPS) is 11.2. The van der Waals surface area contributed by atoms with Gasteiger partial charge in [0, 0.05) is 31.0 Å². The van der Waals surface area contributed by atoms with Gasteiger partial charge in [0.15, 0.2) is 0 Å². The van der Waals surface area contributed by atoms with Crippen molar-refractivity contribution in [3.63, 3.8) is 0 Å². The molecule has 0 radical (unpaired) electrons. The average molecular weight is 268 g/mol. The fraction of sp³-hybridized carbons (Fsp3) is 0.235. The van der Waals surface area contributed by atoms with E-state index in [2.05, 4.69) is 41.2 Å². The monoisotopic (exact) mass is 268 g/mol. The van der Waals surface area contributed by atoms with Crippen LogP contribution in [0.3, 0.4) is 0 Å². The Morgan fingerprint density at radius 1 is 1.20 bits per heavy atom. The Bertz CT molecular complexity index is 552. The van der Waals surface area contributed by atoms with Gasteiger partial charge >= 0.3 is 0 Å². The molecule has 0 fully saturated rings. The summed E-state index contributed by atoms with van der Waals surface area (Å²) in [6.07, 6.45) is 7.94. The zero-order valence-electron chi connectivity index (χ0n) is 12.0. The summed E-state index contributed by atoms with van der Waals surface area (Å²) in [5.74, 6) is 0.902. The van der Waals surface area contributed by atoms with E-state index in [9.17, 15) is 0 Å². The highest BCUT2D eigenvalue weighted by molar-refractivity contribution is 5.57. The van der Waals surface area contributed by atoms with E-state index in [4.69, 9.17) is 4.74 Å². The SMILES string of the molecule is COc1ccccc1/C=C/CN(C)Cc1cccnc1. The number of hydrogen-bond donors (Lipinski definition) is 0. The number of ether oxygens (including phenoxy) is 1. The van der Waals surface area contributed by atoms with Gasteiger partial charge in [0.2, 0.25) is 0 Å². The van der Waals surface area contributed by atoms with Crippen LogP contribution in [-0.2, 0) is 6.54 Å². The van der Waals surface area contributed by atoms with E-state index < -0.39 is 0 Å². The zero-order chi connectivity index (χ0) is 14.2. The second-order valence-electron chi connectivity index (χ2n) is 4.70. The Labute approximate surface area is 120 Å². The van der Waals surface area contributed by atoms with Crippen LogP contribution >= 0.6 is 0 Å². The third-order valence-electron chi connectivity index (χ3n) is 3.03. The van der Waals surface area contributed by atoms with Gasteiger partial charge in [0.05, 0.1) is 7.11 Å². The lowest BCUT2D eigenvalue weighted by Gasteiger charge is -2.14. The van der Waals surface area contributed by atoms with Crippen molar-refractivity contribution in [3.8, 4) is 5.75 Å². The van der Waals surface area contributed by atoms with Crippen molar-refractivity contribution in [2.45, 2.75) is 6.54 Å². The third-order valence-corrected chi connectivity index (χ3v) is 3.03. The maximum absolute atomic E-state index is 5.33. The van der Waals surface area contributed by atoms with Crippen LogP contribution in [0, 0.1) is 0 Å². The van der Waals surface area contributed by atoms with Crippen LogP contribution < -0.4 is 4.74 Å². The maximum atomic E-state index is 5.33. The molecule has 2 rings (SSSR count). The highest BCUT2D eigenvalue weighted by Crippen LogP contribution is 2.18. The molecule has 0 amide bonds. The minimum Gasteiger partial charge on any atom is -0.496 e. The van der Waals surface area contributed by atoms with Gasteiger partial charge in [-0.2, -0.15) is 0 Å². The quantitative estimate of drug-likeness (QED) is 0.804. The minimum absolute atomic E-state index is 0.882. The summed E-state index contributed by atoms with van der Waals surface area (Å²) in [5, 5.41) is 0. The molecule has 0 bridgehead atoms. The fourth-order valence-corrected chi connectivity index (χ4v) is 2.03. The molecule has 0 saturated carbocycles. The third kappa shape index (κ3) is 4.21. The standard InChI is InChI=1S/C17H20N2O/c1-19(14-15-7-5-11-18-13-15)12-6-9-16-8-3-4-10-17(16)20-2/h3-11,13H,12,14H2,1-2H3/b9-6+. The molecular formula is C17H20N2O. The van der Waals surface area contributed by atoms with Crippen molar-refractivity contribution in [2.75, 3.05) is 20.7 Å². The Balaban J connectivity index is 1.89.